The Morgan fingerprint density at radius 3 is 2.25 bits per heavy atom. The van der Waals surface area contributed by atoms with E-state index in [4.69, 9.17) is 9.90 Å². The van der Waals surface area contributed by atoms with Crippen LogP contribution in [-0.4, -0.2) is 30.3 Å². The molecule has 20 heavy (non-hydrogen) atoms. The summed E-state index contributed by atoms with van der Waals surface area (Å²) in [5, 5.41) is 10.3. The molecule has 2 rings (SSSR count). The Morgan fingerprint density at radius 2 is 1.90 bits per heavy atom. The zero-order valence-electron chi connectivity index (χ0n) is 9.97. The SMILES string of the molecule is Fc1cc(C=C2CNC2)ccc1Br.O=C(O)C(F)(F)F. The van der Waals surface area contributed by atoms with Crippen molar-refractivity contribution in [2.75, 3.05) is 13.1 Å². The van der Waals surface area contributed by atoms with E-state index in [1.807, 2.05) is 12.1 Å². The third kappa shape index (κ3) is 5.30. The first-order chi connectivity index (χ1) is 9.20. The van der Waals surface area contributed by atoms with Gasteiger partial charge in [0.05, 0.1) is 4.47 Å². The minimum atomic E-state index is -5.08. The third-order valence-electron chi connectivity index (χ3n) is 2.26. The van der Waals surface area contributed by atoms with Gasteiger partial charge in [-0.05, 0) is 39.2 Å². The average Bonchev–Trinajstić information content (AvgIpc) is 2.28. The van der Waals surface area contributed by atoms with E-state index >= 15 is 0 Å². The van der Waals surface area contributed by atoms with E-state index in [9.17, 15) is 17.6 Å². The Morgan fingerprint density at radius 1 is 1.35 bits per heavy atom. The molecule has 110 valence electrons. The number of halogens is 5. The molecule has 1 aliphatic rings. The van der Waals surface area contributed by atoms with Crippen molar-refractivity contribution in [3.63, 3.8) is 0 Å². The minimum absolute atomic E-state index is 0.207. The summed E-state index contributed by atoms with van der Waals surface area (Å²) in [6, 6.07) is 5.17. The molecule has 3 nitrogen and oxygen atoms in total. The Balaban J connectivity index is 0.000000246. The van der Waals surface area contributed by atoms with E-state index < -0.39 is 12.1 Å². The van der Waals surface area contributed by atoms with Crippen LogP contribution in [0.1, 0.15) is 5.56 Å². The summed E-state index contributed by atoms with van der Waals surface area (Å²) in [6.07, 6.45) is -3.06. The number of hydrogen-bond donors (Lipinski definition) is 2. The van der Waals surface area contributed by atoms with Gasteiger partial charge in [0, 0.05) is 13.1 Å². The lowest BCUT2D eigenvalue weighted by atomic mass is 10.1. The summed E-state index contributed by atoms with van der Waals surface area (Å²) in [4.78, 5) is 8.90. The number of nitrogens with one attached hydrogen (secondary N) is 1. The van der Waals surface area contributed by atoms with E-state index in [2.05, 4.69) is 21.2 Å². The van der Waals surface area contributed by atoms with E-state index in [0.717, 1.165) is 18.7 Å². The quantitative estimate of drug-likeness (QED) is 0.760. The second-order valence-corrected chi connectivity index (χ2v) is 4.74. The van der Waals surface area contributed by atoms with Crippen LogP contribution in [0.3, 0.4) is 0 Å². The zero-order valence-corrected chi connectivity index (χ0v) is 11.6. The smallest absolute Gasteiger partial charge is 0.475 e. The summed E-state index contributed by atoms with van der Waals surface area (Å²) < 4.78 is 45.3. The molecule has 1 aromatic rings. The fourth-order valence-corrected chi connectivity index (χ4v) is 1.46. The predicted molar refractivity (Wildman–Crippen MR) is 68.6 cm³/mol. The number of aliphatic carboxylic acids is 1. The molecular weight excluding hydrogens is 346 g/mol. The van der Waals surface area contributed by atoms with Crippen LogP contribution in [0.15, 0.2) is 28.2 Å². The fraction of sp³-hybridized carbons (Fsp3) is 0.250. The third-order valence-corrected chi connectivity index (χ3v) is 2.90. The van der Waals surface area contributed by atoms with Gasteiger partial charge in [0.25, 0.3) is 0 Å². The van der Waals surface area contributed by atoms with E-state index in [1.54, 1.807) is 6.07 Å². The van der Waals surface area contributed by atoms with Gasteiger partial charge in [-0.1, -0.05) is 12.1 Å². The fourth-order valence-electron chi connectivity index (χ4n) is 1.21. The number of carbonyl (C=O) groups is 1. The van der Waals surface area contributed by atoms with Crippen molar-refractivity contribution in [2.24, 2.45) is 0 Å². The molecule has 8 heteroatoms. The molecular formula is C12H10BrF4NO2. The molecule has 0 atom stereocenters. The van der Waals surface area contributed by atoms with E-state index in [-0.39, 0.29) is 5.82 Å². The normalized spacial score (nSPS) is 13.9. The molecule has 0 unspecified atom stereocenters. The maximum absolute atomic E-state index is 13.1. The molecule has 0 bridgehead atoms. The first-order valence-corrected chi connectivity index (χ1v) is 6.15. The molecule has 2 N–H and O–H groups in total. The van der Waals surface area contributed by atoms with Gasteiger partial charge in [-0.2, -0.15) is 13.2 Å². The van der Waals surface area contributed by atoms with Crippen molar-refractivity contribution in [2.45, 2.75) is 6.18 Å². The Kier molecular flexibility index (Phi) is 5.70. The average molecular weight is 356 g/mol. The lowest BCUT2D eigenvalue weighted by Gasteiger charge is -2.18. The van der Waals surface area contributed by atoms with Gasteiger partial charge in [0.15, 0.2) is 0 Å². The largest absolute Gasteiger partial charge is 0.490 e. The maximum atomic E-state index is 13.1. The number of benzene rings is 1. The molecule has 1 heterocycles. The van der Waals surface area contributed by atoms with Crippen molar-refractivity contribution >= 4 is 28.0 Å². The predicted octanol–water partition coefficient (Wildman–Crippen LogP) is 3.21. The van der Waals surface area contributed by atoms with E-state index in [1.165, 1.54) is 11.6 Å². The van der Waals surface area contributed by atoms with Crippen molar-refractivity contribution in [1.29, 1.82) is 0 Å². The summed E-state index contributed by atoms with van der Waals surface area (Å²) in [7, 11) is 0. The highest BCUT2D eigenvalue weighted by Crippen LogP contribution is 2.18. The molecule has 1 aliphatic heterocycles. The zero-order chi connectivity index (χ0) is 15.3. The van der Waals surface area contributed by atoms with Crippen LogP contribution in [0.2, 0.25) is 0 Å². The van der Waals surface area contributed by atoms with Crippen LogP contribution in [0.25, 0.3) is 6.08 Å². The van der Waals surface area contributed by atoms with Gasteiger partial charge >= 0.3 is 12.1 Å². The molecule has 1 aromatic carbocycles. The molecule has 0 radical (unpaired) electrons. The number of rotatable bonds is 1. The minimum Gasteiger partial charge on any atom is -0.475 e. The maximum Gasteiger partial charge on any atom is 0.490 e. The van der Waals surface area contributed by atoms with Crippen LogP contribution in [0, 0.1) is 5.82 Å². The Hall–Kier alpha value is -1.41. The van der Waals surface area contributed by atoms with Crippen LogP contribution in [-0.2, 0) is 4.79 Å². The van der Waals surface area contributed by atoms with Crippen LogP contribution in [0.4, 0.5) is 17.6 Å². The summed E-state index contributed by atoms with van der Waals surface area (Å²) in [6.45, 7) is 1.86. The van der Waals surface area contributed by atoms with Gasteiger partial charge in [-0.25, -0.2) is 9.18 Å². The molecule has 0 saturated carbocycles. The lowest BCUT2D eigenvalue weighted by molar-refractivity contribution is -0.192. The van der Waals surface area contributed by atoms with Crippen molar-refractivity contribution in [3.8, 4) is 0 Å². The number of carboxylic acid groups (broad SMARTS) is 1. The number of carboxylic acids is 1. The van der Waals surface area contributed by atoms with Gasteiger partial charge in [-0.15, -0.1) is 0 Å². The Labute approximate surface area is 120 Å². The monoisotopic (exact) mass is 355 g/mol. The molecule has 0 amide bonds. The number of hydrogen-bond acceptors (Lipinski definition) is 2. The van der Waals surface area contributed by atoms with Gasteiger partial charge in [-0.3, -0.25) is 0 Å². The highest BCUT2D eigenvalue weighted by atomic mass is 79.9. The van der Waals surface area contributed by atoms with Gasteiger partial charge in [0.1, 0.15) is 5.82 Å². The van der Waals surface area contributed by atoms with Crippen molar-refractivity contribution in [1.82, 2.24) is 5.32 Å². The van der Waals surface area contributed by atoms with Gasteiger partial charge in [0.2, 0.25) is 0 Å². The van der Waals surface area contributed by atoms with Crippen LogP contribution >= 0.6 is 15.9 Å². The first-order valence-electron chi connectivity index (χ1n) is 5.35. The lowest BCUT2D eigenvalue weighted by Crippen LogP contribution is -2.33. The highest BCUT2D eigenvalue weighted by molar-refractivity contribution is 9.10. The molecule has 0 aromatic heterocycles. The molecule has 0 aliphatic carbocycles. The van der Waals surface area contributed by atoms with Crippen LogP contribution < -0.4 is 5.32 Å². The second kappa shape index (κ2) is 6.85. The molecule has 1 fully saturated rings. The van der Waals surface area contributed by atoms with E-state index in [0.29, 0.717) is 4.47 Å². The molecule has 0 spiro atoms. The first kappa shape index (κ1) is 16.6. The number of alkyl halides is 3. The summed E-state index contributed by atoms with van der Waals surface area (Å²) in [5.74, 6) is -2.96. The van der Waals surface area contributed by atoms with Gasteiger partial charge < -0.3 is 10.4 Å². The second-order valence-electron chi connectivity index (χ2n) is 3.88. The Bertz CT molecular complexity index is 523. The standard InChI is InChI=1S/C10H9BrFN.C2HF3O2/c11-9-2-1-7(4-10(9)12)3-8-5-13-6-8;3-2(4,5)1(6)7/h1-4,13H,5-6H2;(H,6,7). The van der Waals surface area contributed by atoms with Crippen LogP contribution in [0.5, 0.6) is 0 Å². The summed E-state index contributed by atoms with van der Waals surface area (Å²) in [5.41, 5.74) is 2.25. The van der Waals surface area contributed by atoms with Crippen molar-refractivity contribution in [3.05, 3.63) is 39.6 Å². The van der Waals surface area contributed by atoms with Crippen molar-refractivity contribution < 1.29 is 27.5 Å². The highest BCUT2D eigenvalue weighted by Gasteiger charge is 2.38. The topological polar surface area (TPSA) is 49.3 Å². The summed E-state index contributed by atoms with van der Waals surface area (Å²) >= 11 is 3.12. The molecule has 1 saturated heterocycles.